The molecule has 0 saturated carbocycles. The number of anilines is 1. The molecule has 0 aliphatic rings. The number of ether oxygens (including phenoxy) is 1. The quantitative estimate of drug-likeness (QED) is 0.481. The Morgan fingerprint density at radius 2 is 2.00 bits per heavy atom. The third-order valence-corrected chi connectivity index (χ3v) is 2.37. The molecule has 1 rings (SSSR count). The van der Waals surface area contributed by atoms with E-state index in [0.717, 1.165) is 0 Å². The van der Waals surface area contributed by atoms with Gasteiger partial charge in [0.2, 0.25) is 0 Å². The first-order valence-electron chi connectivity index (χ1n) is 5.98. The number of benzene rings is 1. The molecule has 1 amide bonds. The second-order valence-electron chi connectivity index (χ2n) is 3.69. The fraction of sp³-hybridized carbons (Fsp3) is 0.214. The summed E-state index contributed by atoms with van der Waals surface area (Å²) in [7, 11) is 1.55. The average molecular weight is 273 g/mol. The van der Waals surface area contributed by atoms with Gasteiger partial charge in [-0.1, -0.05) is 0 Å². The minimum absolute atomic E-state index is 0.123. The number of nitriles is 1. The third-order valence-electron chi connectivity index (χ3n) is 2.37. The Morgan fingerprint density at radius 1 is 1.35 bits per heavy atom. The molecule has 0 aliphatic heterocycles. The largest absolute Gasteiger partial charge is 0.462 e. The van der Waals surface area contributed by atoms with Crippen molar-refractivity contribution in [2.75, 3.05) is 19.0 Å². The van der Waals surface area contributed by atoms with Gasteiger partial charge in [0.1, 0.15) is 6.07 Å². The van der Waals surface area contributed by atoms with E-state index in [1.165, 1.54) is 6.20 Å². The summed E-state index contributed by atoms with van der Waals surface area (Å²) in [5.74, 6) is -0.860. The zero-order chi connectivity index (χ0) is 15.0. The highest BCUT2D eigenvalue weighted by atomic mass is 16.5. The minimum atomic E-state index is -0.676. The van der Waals surface area contributed by atoms with E-state index in [-0.39, 0.29) is 18.1 Å². The van der Waals surface area contributed by atoms with Crippen molar-refractivity contribution in [1.29, 1.82) is 5.26 Å². The monoisotopic (exact) mass is 273 g/mol. The van der Waals surface area contributed by atoms with Gasteiger partial charge < -0.3 is 15.4 Å². The summed E-state index contributed by atoms with van der Waals surface area (Å²) in [6.07, 6.45) is 1.27. The molecule has 6 nitrogen and oxygen atoms in total. The summed E-state index contributed by atoms with van der Waals surface area (Å²) < 4.78 is 4.73. The summed E-state index contributed by atoms with van der Waals surface area (Å²) >= 11 is 0. The van der Waals surface area contributed by atoms with Crippen LogP contribution in [0.15, 0.2) is 36.0 Å². The van der Waals surface area contributed by atoms with E-state index in [1.807, 2.05) is 0 Å². The normalized spacial score (nSPS) is 10.3. The molecule has 0 aromatic heterocycles. The summed E-state index contributed by atoms with van der Waals surface area (Å²) in [5, 5.41) is 14.2. The van der Waals surface area contributed by atoms with Crippen molar-refractivity contribution >= 4 is 17.6 Å². The molecule has 2 N–H and O–H groups in total. The van der Waals surface area contributed by atoms with Crippen LogP contribution in [-0.2, 0) is 9.53 Å². The molecule has 104 valence electrons. The third kappa shape index (κ3) is 4.14. The van der Waals surface area contributed by atoms with Crippen LogP contribution in [0.2, 0.25) is 0 Å². The van der Waals surface area contributed by atoms with E-state index in [2.05, 4.69) is 10.6 Å². The molecule has 0 atom stereocenters. The number of hydrogen-bond donors (Lipinski definition) is 2. The Balaban J connectivity index is 2.76. The zero-order valence-corrected chi connectivity index (χ0v) is 11.3. The van der Waals surface area contributed by atoms with E-state index in [9.17, 15) is 9.59 Å². The van der Waals surface area contributed by atoms with Crippen molar-refractivity contribution in [2.45, 2.75) is 6.92 Å². The van der Waals surface area contributed by atoms with Gasteiger partial charge in [0, 0.05) is 24.5 Å². The van der Waals surface area contributed by atoms with E-state index in [1.54, 1.807) is 44.3 Å². The molecule has 0 spiro atoms. The second kappa shape index (κ2) is 7.59. The number of hydrogen-bond acceptors (Lipinski definition) is 5. The van der Waals surface area contributed by atoms with Gasteiger partial charge in [-0.15, -0.1) is 0 Å². The predicted molar refractivity (Wildman–Crippen MR) is 73.8 cm³/mol. The highest BCUT2D eigenvalue weighted by Gasteiger charge is 2.09. The Kier molecular flexibility index (Phi) is 5.78. The van der Waals surface area contributed by atoms with Crippen LogP contribution in [0, 0.1) is 11.3 Å². The standard InChI is InChI=1S/C14H15N3O3/c1-3-20-14(19)11(8-15)9-17-12-6-4-10(5-7-12)13(18)16-2/h4-7,9,17H,3H2,1-2H3,(H,16,18)/b11-9+. The van der Waals surface area contributed by atoms with Crippen molar-refractivity contribution in [1.82, 2.24) is 5.32 Å². The molecule has 0 radical (unpaired) electrons. The molecule has 0 fully saturated rings. The molecule has 0 unspecified atom stereocenters. The van der Waals surface area contributed by atoms with Crippen molar-refractivity contribution < 1.29 is 14.3 Å². The molecule has 0 bridgehead atoms. The topological polar surface area (TPSA) is 91.2 Å². The molecule has 0 aliphatic carbocycles. The molecule has 6 heteroatoms. The lowest BCUT2D eigenvalue weighted by Gasteiger charge is -2.04. The molecule has 1 aromatic carbocycles. The number of nitrogens with one attached hydrogen (secondary N) is 2. The Bertz CT molecular complexity index is 556. The van der Waals surface area contributed by atoms with Crippen LogP contribution in [0.25, 0.3) is 0 Å². The lowest BCUT2D eigenvalue weighted by Crippen LogP contribution is -2.17. The maximum absolute atomic E-state index is 11.4. The first-order valence-corrected chi connectivity index (χ1v) is 5.98. The highest BCUT2D eigenvalue weighted by Crippen LogP contribution is 2.10. The van der Waals surface area contributed by atoms with Gasteiger partial charge >= 0.3 is 5.97 Å². The van der Waals surface area contributed by atoms with Crippen LogP contribution in [0.5, 0.6) is 0 Å². The number of nitrogens with zero attached hydrogens (tertiary/aromatic N) is 1. The van der Waals surface area contributed by atoms with Crippen LogP contribution in [0.3, 0.4) is 0 Å². The molecular weight excluding hydrogens is 258 g/mol. The summed E-state index contributed by atoms with van der Waals surface area (Å²) in [5.41, 5.74) is 1.05. The van der Waals surface area contributed by atoms with Gasteiger partial charge in [-0.05, 0) is 31.2 Å². The predicted octanol–water partition coefficient (Wildman–Crippen LogP) is 1.43. The first kappa shape index (κ1) is 15.2. The van der Waals surface area contributed by atoms with Crippen molar-refractivity contribution in [2.24, 2.45) is 0 Å². The number of carbonyl (C=O) groups is 2. The Morgan fingerprint density at radius 3 is 2.50 bits per heavy atom. The molecule has 0 heterocycles. The first-order chi connectivity index (χ1) is 9.62. The maximum Gasteiger partial charge on any atom is 0.350 e. The fourth-order valence-corrected chi connectivity index (χ4v) is 1.36. The average Bonchev–Trinajstić information content (AvgIpc) is 2.48. The fourth-order valence-electron chi connectivity index (χ4n) is 1.36. The number of amides is 1. The molecule has 0 saturated heterocycles. The van der Waals surface area contributed by atoms with Crippen LogP contribution in [-0.4, -0.2) is 25.5 Å². The van der Waals surface area contributed by atoms with Crippen LogP contribution < -0.4 is 10.6 Å². The van der Waals surface area contributed by atoms with Gasteiger partial charge in [-0.2, -0.15) is 5.26 Å². The number of esters is 1. The molecule has 1 aromatic rings. The Hall–Kier alpha value is -2.81. The van der Waals surface area contributed by atoms with Gasteiger partial charge in [-0.3, -0.25) is 4.79 Å². The zero-order valence-electron chi connectivity index (χ0n) is 11.3. The van der Waals surface area contributed by atoms with Crippen LogP contribution in [0.4, 0.5) is 5.69 Å². The molecular formula is C14H15N3O3. The lowest BCUT2D eigenvalue weighted by molar-refractivity contribution is -0.138. The van der Waals surface area contributed by atoms with E-state index in [0.29, 0.717) is 11.3 Å². The smallest absolute Gasteiger partial charge is 0.350 e. The highest BCUT2D eigenvalue weighted by molar-refractivity contribution is 5.94. The molecule has 20 heavy (non-hydrogen) atoms. The van der Waals surface area contributed by atoms with E-state index >= 15 is 0 Å². The van der Waals surface area contributed by atoms with Gasteiger partial charge in [-0.25, -0.2) is 4.79 Å². The number of rotatable bonds is 5. The minimum Gasteiger partial charge on any atom is -0.462 e. The maximum atomic E-state index is 11.4. The van der Waals surface area contributed by atoms with Gasteiger partial charge in [0.25, 0.3) is 5.91 Å². The van der Waals surface area contributed by atoms with E-state index < -0.39 is 5.97 Å². The second-order valence-corrected chi connectivity index (χ2v) is 3.69. The summed E-state index contributed by atoms with van der Waals surface area (Å²) in [6.45, 7) is 1.87. The van der Waals surface area contributed by atoms with Gasteiger partial charge in [0.15, 0.2) is 5.57 Å². The summed E-state index contributed by atoms with van der Waals surface area (Å²) in [6, 6.07) is 8.35. The SMILES string of the molecule is CCOC(=O)/C(C#N)=C/Nc1ccc(C(=O)NC)cc1. The van der Waals surface area contributed by atoms with Crippen molar-refractivity contribution in [3.05, 3.63) is 41.6 Å². The van der Waals surface area contributed by atoms with Crippen molar-refractivity contribution in [3.63, 3.8) is 0 Å². The van der Waals surface area contributed by atoms with Crippen LogP contribution in [0.1, 0.15) is 17.3 Å². The van der Waals surface area contributed by atoms with Crippen LogP contribution >= 0.6 is 0 Å². The Labute approximate surface area is 117 Å². The van der Waals surface area contributed by atoms with Crippen molar-refractivity contribution in [3.8, 4) is 6.07 Å². The lowest BCUT2D eigenvalue weighted by atomic mass is 10.2. The van der Waals surface area contributed by atoms with E-state index in [4.69, 9.17) is 10.00 Å². The number of carbonyl (C=O) groups excluding carboxylic acids is 2. The van der Waals surface area contributed by atoms with Gasteiger partial charge in [0.05, 0.1) is 6.61 Å². The summed E-state index contributed by atoms with van der Waals surface area (Å²) in [4.78, 5) is 22.7.